The Hall–Kier alpha value is -2.41. The molecule has 0 spiro atoms. The minimum Gasteiger partial charge on any atom is -0.322 e. The average Bonchev–Trinajstić information content (AvgIpc) is 3.16. The molecule has 0 aliphatic carbocycles. The third-order valence-corrected chi connectivity index (χ3v) is 5.67. The number of halogens is 3. The summed E-state index contributed by atoms with van der Waals surface area (Å²) in [5, 5.41) is 11.3. The molecule has 2 aromatic carbocycles. The quantitative estimate of drug-likeness (QED) is 0.582. The average molecular weight is 449 g/mol. The van der Waals surface area contributed by atoms with Gasteiger partial charge in [-0.05, 0) is 68.8 Å². The zero-order valence-electron chi connectivity index (χ0n) is 16.5. The number of nitrogens with zero attached hydrogens (tertiary/aromatic N) is 2. The van der Waals surface area contributed by atoms with Crippen molar-refractivity contribution in [2.45, 2.75) is 25.7 Å². The molecule has 1 saturated heterocycles. The van der Waals surface area contributed by atoms with Crippen molar-refractivity contribution >= 4 is 35.6 Å². The van der Waals surface area contributed by atoms with E-state index in [0.29, 0.717) is 16.3 Å². The number of anilines is 1. The maximum Gasteiger partial charge on any atom is 0.259 e. The molecule has 8 heteroatoms. The molecule has 2 heterocycles. The Bertz CT molecular complexity index is 1050. The first-order chi connectivity index (χ1) is 14.0. The van der Waals surface area contributed by atoms with E-state index in [1.54, 1.807) is 18.3 Å². The van der Waals surface area contributed by atoms with E-state index in [1.165, 1.54) is 12.1 Å². The predicted octanol–water partition coefficient (Wildman–Crippen LogP) is 5.11. The Morgan fingerprint density at radius 2 is 2.00 bits per heavy atom. The molecule has 1 aliphatic rings. The zero-order valence-corrected chi connectivity index (χ0v) is 18.1. The molecule has 2 N–H and O–H groups in total. The van der Waals surface area contributed by atoms with E-state index in [1.807, 2.05) is 29.8 Å². The maximum absolute atomic E-state index is 13.5. The van der Waals surface area contributed by atoms with Gasteiger partial charge in [-0.25, -0.2) is 9.07 Å². The van der Waals surface area contributed by atoms with Crippen LogP contribution >= 0.6 is 24.0 Å². The van der Waals surface area contributed by atoms with Gasteiger partial charge >= 0.3 is 0 Å². The van der Waals surface area contributed by atoms with Crippen LogP contribution in [0.5, 0.6) is 0 Å². The van der Waals surface area contributed by atoms with Gasteiger partial charge in [-0.2, -0.15) is 5.10 Å². The van der Waals surface area contributed by atoms with Gasteiger partial charge in [0.05, 0.1) is 23.1 Å². The molecule has 1 aliphatic heterocycles. The Kier molecular flexibility index (Phi) is 7.13. The van der Waals surface area contributed by atoms with Crippen molar-refractivity contribution in [3.8, 4) is 5.69 Å². The number of aryl methyl sites for hydroxylation is 1. The molecular formula is C22H23Cl2FN4O. The number of piperidine rings is 1. The van der Waals surface area contributed by atoms with Crippen molar-refractivity contribution in [2.24, 2.45) is 0 Å². The van der Waals surface area contributed by atoms with Crippen LogP contribution in [0.1, 0.15) is 40.4 Å². The first kappa shape index (κ1) is 22.3. The summed E-state index contributed by atoms with van der Waals surface area (Å²) >= 11 is 6.33. The number of rotatable bonds is 4. The first-order valence-electron chi connectivity index (χ1n) is 9.65. The molecule has 30 heavy (non-hydrogen) atoms. The van der Waals surface area contributed by atoms with Crippen molar-refractivity contribution in [3.05, 3.63) is 76.3 Å². The van der Waals surface area contributed by atoms with Crippen molar-refractivity contribution in [1.29, 1.82) is 0 Å². The molecule has 4 rings (SSSR count). The second-order valence-electron chi connectivity index (χ2n) is 7.28. The van der Waals surface area contributed by atoms with Gasteiger partial charge in [0.1, 0.15) is 5.82 Å². The largest absolute Gasteiger partial charge is 0.322 e. The molecule has 158 valence electrons. The van der Waals surface area contributed by atoms with Crippen molar-refractivity contribution in [3.63, 3.8) is 0 Å². The standard InChI is InChI=1S/C22H22ClFN4O.ClH/c1-14-5-6-18(12-20(14)23)28-21(15-7-9-25-10-8-15)19(13-26-28)22(29)27-17-4-2-3-16(24)11-17;/h2-6,11-13,15,25H,7-10H2,1H3,(H,27,29);1H. The zero-order chi connectivity index (χ0) is 20.4. The number of hydrogen-bond donors (Lipinski definition) is 2. The highest BCUT2D eigenvalue weighted by Gasteiger charge is 2.27. The number of aromatic nitrogens is 2. The molecule has 1 amide bonds. The van der Waals surface area contributed by atoms with E-state index in [4.69, 9.17) is 11.6 Å². The van der Waals surface area contributed by atoms with Crippen LogP contribution in [0.15, 0.2) is 48.7 Å². The molecule has 3 aromatic rings. The summed E-state index contributed by atoms with van der Waals surface area (Å²) in [6.45, 7) is 3.71. The molecular weight excluding hydrogens is 426 g/mol. The number of carbonyl (C=O) groups is 1. The molecule has 0 atom stereocenters. The lowest BCUT2D eigenvalue weighted by Crippen LogP contribution is -2.29. The number of hydrogen-bond acceptors (Lipinski definition) is 3. The van der Waals surface area contributed by atoms with Gasteiger partial charge in [0, 0.05) is 16.6 Å². The number of nitrogens with one attached hydrogen (secondary N) is 2. The normalized spacial score (nSPS) is 14.2. The van der Waals surface area contributed by atoms with Gasteiger partial charge < -0.3 is 10.6 Å². The Morgan fingerprint density at radius 3 is 2.70 bits per heavy atom. The maximum atomic E-state index is 13.5. The molecule has 0 bridgehead atoms. The molecule has 1 aromatic heterocycles. The fraction of sp³-hybridized carbons (Fsp3) is 0.273. The summed E-state index contributed by atoms with van der Waals surface area (Å²) in [6.07, 6.45) is 3.40. The SMILES string of the molecule is Cc1ccc(-n2ncc(C(=O)Nc3cccc(F)c3)c2C2CCNCC2)cc1Cl.Cl. The lowest BCUT2D eigenvalue weighted by atomic mass is 9.91. The molecule has 5 nitrogen and oxygen atoms in total. The Balaban J connectivity index is 0.00000256. The van der Waals surface area contributed by atoms with Gasteiger partial charge in [0.2, 0.25) is 0 Å². The van der Waals surface area contributed by atoms with Gasteiger partial charge in [-0.1, -0.05) is 23.7 Å². The number of benzene rings is 2. The first-order valence-corrected chi connectivity index (χ1v) is 10.0. The Morgan fingerprint density at radius 1 is 1.23 bits per heavy atom. The van der Waals surface area contributed by atoms with Crippen molar-refractivity contribution in [2.75, 3.05) is 18.4 Å². The van der Waals surface area contributed by atoms with E-state index < -0.39 is 5.82 Å². The van der Waals surface area contributed by atoms with Gasteiger partial charge in [0.15, 0.2) is 0 Å². The van der Waals surface area contributed by atoms with Crippen LogP contribution in [0.25, 0.3) is 5.69 Å². The summed E-state index contributed by atoms with van der Waals surface area (Å²) in [5.41, 5.74) is 3.57. The number of amides is 1. The highest BCUT2D eigenvalue weighted by atomic mass is 35.5. The van der Waals surface area contributed by atoms with Crippen LogP contribution in [-0.4, -0.2) is 28.8 Å². The smallest absolute Gasteiger partial charge is 0.259 e. The third kappa shape index (κ3) is 4.67. The van der Waals surface area contributed by atoms with Gasteiger partial charge in [0.25, 0.3) is 5.91 Å². The van der Waals surface area contributed by atoms with E-state index in [0.717, 1.165) is 42.9 Å². The molecule has 1 fully saturated rings. The van der Waals surface area contributed by atoms with Crippen LogP contribution in [0.2, 0.25) is 5.02 Å². The monoisotopic (exact) mass is 448 g/mol. The third-order valence-electron chi connectivity index (χ3n) is 5.26. The second-order valence-corrected chi connectivity index (χ2v) is 7.68. The lowest BCUT2D eigenvalue weighted by molar-refractivity contribution is 0.102. The van der Waals surface area contributed by atoms with E-state index >= 15 is 0 Å². The fourth-order valence-corrected chi connectivity index (χ4v) is 3.88. The second kappa shape index (κ2) is 9.60. The summed E-state index contributed by atoms with van der Waals surface area (Å²) in [6, 6.07) is 11.6. The number of carbonyl (C=O) groups excluding carboxylic acids is 1. The summed E-state index contributed by atoms with van der Waals surface area (Å²) in [7, 11) is 0. The fourth-order valence-electron chi connectivity index (χ4n) is 3.70. The lowest BCUT2D eigenvalue weighted by Gasteiger charge is -2.25. The highest BCUT2D eigenvalue weighted by molar-refractivity contribution is 6.31. The van der Waals surface area contributed by atoms with Crippen LogP contribution in [0.3, 0.4) is 0 Å². The van der Waals surface area contributed by atoms with E-state index in [-0.39, 0.29) is 24.2 Å². The van der Waals surface area contributed by atoms with Crippen LogP contribution in [0, 0.1) is 12.7 Å². The molecule has 0 unspecified atom stereocenters. The van der Waals surface area contributed by atoms with E-state index in [9.17, 15) is 9.18 Å². The highest BCUT2D eigenvalue weighted by Crippen LogP contribution is 2.31. The summed E-state index contributed by atoms with van der Waals surface area (Å²) in [4.78, 5) is 13.0. The van der Waals surface area contributed by atoms with Crippen LogP contribution in [-0.2, 0) is 0 Å². The minimum absolute atomic E-state index is 0. The molecule has 0 radical (unpaired) electrons. The topological polar surface area (TPSA) is 59.0 Å². The predicted molar refractivity (Wildman–Crippen MR) is 120 cm³/mol. The van der Waals surface area contributed by atoms with Crippen LogP contribution < -0.4 is 10.6 Å². The van der Waals surface area contributed by atoms with Crippen molar-refractivity contribution < 1.29 is 9.18 Å². The summed E-state index contributed by atoms with van der Waals surface area (Å²) < 4.78 is 15.3. The Labute approximate surface area is 186 Å². The molecule has 0 saturated carbocycles. The minimum atomic E-state index is -0.397. The van der Waals surface area contributed by atoms with Crippen LogP contribution in [0.4, 0.5) is 10.1 Å². The van der Waals surface area contributed by atoms with Crippen molar-refractivity contribution in [1.82, 2.24) is 15.1 Å². The van der Waals surface area contributed by atoms with E-state index in [2.05, 4.69) is 15.7 Å². The summed E-state index contributed by atoms with van der Waals surface area (Å²) in [5.74, 6) is -0.507. The van der Waals surface area contributed by atoms with Gasteiger partial charge in [-0.3, -0.25) is 4.79 Å². The van der Waals surface area contributed by atoms with Gasteiger partial charge in [-0.15, -0.1) is 12.4 Å².